The van der Waals surface area contributed by atoms with Crippen LogP contribution in [0.25, 0.3) is 0 Å². The highest BCUT2D eigenvalue weighted by molar-refractivity contribution is 5.66. The number of carbonyl (C=O) groups is 1. The Bertz CT molecular complexity index is 458. The maximum Gasteiger partial charge on any atom is 0.407 e. The fourth-order valence-corrected chi connectivity index (χ4v) is 3.37. The van der Waals surface area contributed by atoms with Gasteiger partial charge in [0.2, 0.25) is 0 Å². The zero-order valence-electron chi connectivity index (χ0n) is 11.6. The van der Waals surface area contributed by atoms with E-state index in [2.05, 4.69) is 12.1 Å². The lowest BCUT2D eigenvalue weighted by atomic mass is 9.68. The molecule has 108 valence electrons. The topological polar surface area (TPSA) is 49.8 Å². The normalized spacial score (nSPS) is 21.7. The molecule has 1 saturated carbocycles. The zero-order chi connectivity index (χ0) is 14.0. The van der Waals surface area contributed by atoms with Gasteiger partial charge < -0.3 is 14.7 Å². The molecule has 1 aromatic carbocycles. The average molecular weight is 275 g/mol. The number of carboxylic acid groups (broad SMARTS) is 1. The molecule has 0 bridgehead atoms. The number of rotatable bonds is 3. The number of benzene rings is 1. The van der Waals surface area contributed by atoms with E-state index >= 15 is 0 Å². The summed E-state index contributed by atoms with van der Waals surface area (Å²) in [5.41, 5.74) is 1.47. The van der Waals surface area contributed by atoms with Crippen molar-refractivity contribution in [2.24, 2.45) is 5.41 Å². The first-order valence-corrected chi connectivity index (χ1v) is 7.30. The van der Waals surface area contributed by atoms with Gasteiger partial charge in [-0.1, -0.05) is 30.3 Å². The standard InChI is InChI=1S/C16H21NO3/c18-15(19)17-11-16(12-17)8-6-14(7-9-16)20-10-13-4-2-1-3-5-13/h1-5,14H,6-12H2,(H,18,19). The molecule has 4 heteroatoms. The van der Waals surface area contributed by atoms with Gasteiger partial charge in [-0.15, -0.1) is 0 Å². The molecular weight excluding hydrogens is 254 g/mol. The van der Waals surface area contributed by atoms with Crippen LogP contribution in [0.3, 0.4) is 0 Å². The minimum Gasteiger partial charge on any atom is -0.465 e. The van der Waals surface area contributed by atoms with Gasteiger partial charge in [-0.05, 0) is 31.2 Å². The lowest BCUT2D eigenvalue weighted by Gasteiger charge is -2.52. The lowest BCUT2D eigenvalue weighted by molar-refractivity contribution is -0.0650. The Hall–Kier alpha value is -1.55. The molecule has 0 unspecified atom stereocenters. The van der Waals surface area contributed by atoms with Gasteiger partial charge in [0.25, 0.3) is 0 Å². The Morgan fingerprint density at radius 3 is 2.50 bits per heavy atom. The Labute approximate surface area is 119 Å². The minimum atomic E-state index is -0.780. The zero-order valence-corrected chi connectivity index (χ0v) is 11.6. The molecule has 1 N–H and O–H groups in total. The Balaban J connectivity index is 1.42. The molecule has 2 fully saturated rings. The van der Waals surface area contributed by atoms with Crippen LogP contribution in [0.5, 0.6) is 0 Å². The number of ether oxygens (including phenoxy) is 1. The number of hydrogen-bond donors (Lipinski definition) is 1. The summed E-state index contributed by atoms with van der Waals surface area (Å²) in [5.74, 6) is 0. The van der Waals surface area contributed by atoms with Gasteiger partial charge >= 0.3 is 6.09 Å². The van der Waals surface area contributed by atoms with E-state index in [0.717, 1.165) is 25.7 Å². The minimum absolute atomic E-state index is 0.255. The second-order valence-corrected chi connectivity index (χ2v) is 6.13. The van der Waals surface area contributed by atoms with Crippen LogP contribution < -0.4 is 0 Å². The van der Waals surface area contributed by atoms with Gasteiger partial charge in [0.1, 0.15) is 0 Å². The molecule has 3 rings (SSSR count). The van der Waals surface area contributed by atoms with E-state index in [0.29, 0.717) is 25.8 Å². The summed E-state index contributed by atoms with van der Waals surface area (Å²) >= 11 is 0. The average Bonchev–Trinajstić information content (AvgIpc) is 2.44. The van der Waals surface area contributed by atoms with Crippen LogP contribution in [0, 0.1) is 5.41 Å². The van der Waals surface area contributed by atoms with Gasteiger partial charge in [0.05, 0.1) is 12.7 Å². The van der Waals surface area contributed by atoms with E-state index in [9.17, 15) is 4.79 Å². The SMILES string of the molecule is O=C(O)N1CC2(CCC(OCc3ccccc3)CC2)C1. The van der Waals surface area contributed by atoms with Crippen molar-refractivity contribution in [2.75, 3.05) is 13.1 Å². The van der Waals surface area contributed by atoms with Crippen LogP contribution in [-0.2, 0) is 11.3 Å². The molecule has 0 aromatic heterocycles. The molecule has 20 heavy (non-hydrogen) atoms. The summed E-state index contributed by atoms with van der Waals surface area (Å²) in [6, 6.07) is 10.2. The van der Waals surface area contributed by atoms with Crippen LogP contribution >= 0.6 is 0 Å². The van der Waals surface area contributed by atoms with Crippen LogP contribution in [0.15, 0.2) is 30.3 Å². The van der Waals surface area contributed by atoms with Gasteiger partial charge in [-0.2, -0.15) is 0 Å². The van der Waals surface area contributed by atoms with Crippen molar-refractivity contribution in [3.8, 4) is 0 Å². The molecule has 4 nitrogen and oxygen atoms in total. The monoisotopic (exact) mass is 275 g/mol. The van der Waals surface area contributed by atoms with Gasteiger partial charge in [0, 0.05) is 18.5 Å². The van der Waals surface area contributed by atoms with Crippen molar-refractivity contribution >= 4 is 6.09 Å². The highest BCUT2D eigenvalue weighted by Gasteiger charge is 2.47. The summed E-state index contributed by atoms with van der Waals surface area (Å²) in [5, 5.41) is 8.91. The van der Waals surface area contributed by atoms with Crippen molar-refractivity contribution in [3.63, 3.8) is 0 Å². The molecule has 0 radical (unpaired) electrons. The molecule has 1 saturated heterocycles. The van der Waals surface area contributed by atoms with Crippen LogP contribution in [-0.4, -0.2) is 35.3 Å². The fourth-order valence-electron chi connectivity index (χ4n) is 3.37. The summed E-state index contributed by atoms with van der Waals surface area (Å²) in [4.78, 5) is 12.4. The maximum absolute atomic E-state index is 10.8. The first-order valence-electron chi connectivity index (χ1n) is 7.30. The van der Waals surface area contributed by atoms with Crippen LogP contribution in [0.4, 0.5) is 4.79 Å². The quantitative estimate of drug-likeness (QED) is 0.922. The summed E-state index contributed by atoms with van der Waals surface area (Å²) in [6.07, 6.45) is 3.85. The highest BCUT2D eigenvalue weighted by Crippen LogP contribution is 2.44. The van der Waals surface area contributed by atoms with Crippen molar-refractivity contribution in [3.05, 3.63) is 35.9 Å². The van der Waals surface area contributed by atoms with Crippen LogP contribution in [0.1, 0.15) is 31.2 Å². The molecular formula is C16H21NO3. The molecule has 1 aliphatic heterocycles. The van der Waals surface area contributed by atoms with E-state index in [-0.39, 0.29) is 5.41 Å². The maximum atomic E-state index is 10.8. The van der Waals surface area contributed by atoms with E-state index in [4.69, 9.17) is 9.84 Å². The fraction of sp³-hybridized carbons (Fsp3) is 0.562. The van der Waals surface area contributed by atoms with Crippen molar-refractivity contribution in [2.45, 2.75) is 38.4 Å². The highest BCUT2D eigenvalue weighted by atomic mass is 16.5. The first-order chi connectivity index (χ1) is 9.67. The van der Waals surface area contributed by atoms with Crippen molar-refractivity contribution in [1.29, 1.82) is 0 Å². The molecule has 1 heterocycles. The van der Waals surface area contributed by atoms with Gasteiger partial charge in [-0.3, -0.25) is 0 Å². The number of likely N-dealkylation sites (tertiary alicyclic amines) is 1. The number of nitrogens with zero attached hydrogens (tertiary/aromatic N) is 1. The third-order valence-electron chi connectivity index (χ3n) is 4.64. The van der Waals surface area contributed by atoms with Gasteiger partial charge in [-0.25, -0.2) is 4.79 Å². The Kier molecular flexibility index (Phi) is 3.66. The molecule has 1 spiro atoms. The Morgan fingerprint density at radius 1 is 1.25 bits per heavy atom. The van der Waals surface area contributed by atoms with Crippen LogP contribution in [0.2, 0.25) is 0 Å². The molecule has 2 aliphatic rings. The molecule has 1 aliphatic carbocycles. The largest absolute Gasteiger partial charge is 0.465 e. The lowest BCUT2D eigenvalue weighted by Crippen LogP contribution is -2.59. The summed E-state index contributed by atoms with van der Waals surface area (Å²) in [7, 11) is 0. The Morgan fingerprint density at radius 2 is 1.90 bits per heavy atom. The predicted octanol–water partition coefficient (Wildman–Crippen LogP) is 3.13. The smallest absolute Gasteiger partial charge is 0.407 e. The third kappa shape index (κ3) is 2.80. The van der Waals surface area contributed by atoms with Crippen molar-refractivity contribution in [1.82, 2.24) is 4.90 Å². The van der Waals surface area contributed by atoms with E-state index in [1.54, 1.807) is 0 Å². The first kappa shape index (κ1) is 13.4. The van der Waals surface area contributed by atoms with Crippen molar-refractivity contribution < 1.29 is 14.6 Å². The summed E-state index contributed by atoms with van der Waals surface area (Å²) < 4.78 is 5.98. The summed E-state index contributed by atoms with van der Waals surface area (Å²) in [6.45, 7) is 2.11. The number of amides is 1. The van der Waals surface area contributed by atoms with E-state index in [1.807, 2.05) is 18.2 Å². The van der Waals surface area contributed by atoms with E-state index < -0.39 is 6.09 Å². The second-order valence-electron chi connectivity index (χ2n) is 6.13. The van der Waals surface area contributed by atoms with E-state index in [1.165, 1.54) is 10.5 Å². The number of hydrogen-bond acceptors (Lipinski definition) is 2. The molecule has 0 atom stereocenters. The molecule has 1 aromatic rings. The van der Waals surface area contributed by atoms with Gasteiger partial charge in [0.15, 0.2) is 0 Å². The molecule has 1 amide bonds. The predicted molar refractivity (Wildman–Crippen MR) is 75.5 cm³/mol. The third-order valence-corrected chi connectivity index (χ3v) is 4.64. The second kappa shape index (κ2) is 5.44.